The number of aliphatic hydroxyl groups is 2. The highest BCUT2D eigenvalue weighted by Crippen LogP contribution is 2.37. The Bertz CT molecular complexity index is 784. The van der Waals surface area contributed by atoms with E-state index in [2.05, 4.69) is 19.9 Å². The third-order valence-corrected chi connectivity index (χ3v) is 7.46. The molecule has 0 aromatic heterocycles. The van der Waals surface area contributed by atoms with Gasteiger partial charge in [-0.05, 0) is 62.4 Å². The van der Waals surface area contributed by atoms with Crippen LogP contribution >= 0.6 is 0 Å². The first-order chi connectivity index (χ1) is 16.1. The Labute approximate surface area is 203 Å². The van der Waals surface area contributed by atoms with E-state index in [1.54, 1.807) is 18.2 Å². The zero-order valence-corrected chi connectivity index (χ0v) is 20.7. The smallest absolute Gasteiger partial charge is 0.308 e. The number of aliphatic hydroxyl groups excluding tert-OH is 2. The van der Waals surface area contributed by atoms with E-state index in [4.69, 9.17) is 4.74 Å². The fraction of sp³-hybridized carbons (Fsp3) is 0.741. The molecule has 1 heterocycles. The van der Waals surface area contributed by atoms with Gasteiger partial charge in [0.15, 0.2) is 0 Å². The first-order valence-corrected chi connectivity index (χ1v) is 12.7. The van der Waals surface area contributed by atoms with Crippen LogP contribution in [-0.4, -0.2) is 45.6 Å². The van der Waals surface area contributed by atoms with Crippen molar-refractivity contribution in [2.75, 3.05) is 0 Å². The highest BCUT2D eigenvalue weighted by molar-refractivity contribution is 5.72. The quantitative estimate of drug-likeness (QED) is 0.505. The van der Waals surface area contributed by atoms with E-state index in [1.165, 1.54) is 0 Å². The average molecular weight is 476 g/mol. The molecule has 0 saturated heterocycles. The van der Waals surface area contributed by atoms with Gasteiger partial charge in [0.2, 0.25) is 0 Å². The molecule has 1 aliphatic heterocycles. The molecule has 0 radical (unpaired) electrons. The van der Waals surface area contributed by atoms with Crippen molar-refractivity contribution in [1.29, 1.82) is 5.26 Å². The molecule has 3 N–H and O–H groups in total. The van der Waals surface area contributed by atoms with Gasteiger partial charge in [0.1, 0.15) is 6.10 Å². The second-order valence-corrected chi connectivity index (χ2v) is 10.5. The molecule has 2 aliphatic rings. The molecule has 0 spiro atoms. The standard InChI is InChI=1S/C27H41NO6/c1-17-11-12-23(29)20(16-28)7-4-5-10-25(21-8-6-9-22(21)27(32)33)34-26(31)15-24(30)19(3)14-18(2)13-17/h4-5,7,17-19,21-25,29-30H,6,8-15H2,1-3H3,(H,32,33)/b5-4+,20-7-. The van der Waals surface area contributed by atoms with Gasteiger partial charge in [-0.2, -0.15) is 5.26 Å². The number of nitrogens with zero attached hydrogens (tertiary/aromatic N) is 1. The summed E-state index contributed by atoms with van der Waals surface area (Å²) in [7, 11) is 0. The number of carboxylic acids is 1. The van der Waals surface area contributed by atoms with E-state index in [0.29, 0.717) is 37.5 Å². The van der Waals surface area contributed by atoms with Crippen LogP contribution in [0.4, 0.5) is 0 Å². The summed E-state index contributed by atoms with van der Waals surface area (Å²) in [6.45, 7) is 6.19. The van der Waals surface area contributed by atoms with Crippen LogP contribution in [0.15, 0.2) is 23.8 Å². The molecule has 34 heavy (non-hydrogen) atoms. The fourth-order valence-electron chi connectivity index (χ4n) is 5.54. The van der Waals surface area contributed by atoms with Gasteiger partial charge in [-0.1, -0.05) is 39.3 Å². The van der Waals surface area contributed by atoms with Crippen molar-refractivity contribution in [3.8, 4) is 6.07 Å². The first-order valence-electron chi connectivity index (χ1n) is 12.7. The summed E-state index contributed by atoms with van der Waals surface area (Å²) in [5.41, 5.74) is 0.284. The maximum Gasteiger partial charge on any atom is 0.308 e. The van der Waals surface area contributed by atoms with E-state index in [-0.39, 0.29) is 23.8 Å². The van der Waals surface area contributed by atoms with E-state index in [9.17, 15) is 30.2 Å². The molecule has 2 rings (SSSR count). The van der Waals surface area contributed by atoms with Crippen molar-refractivity contribution < 1.29 is 29.6 Å². The predicted molar refractivity (Wildman–Crippen MR) is 128 cm³/mol. The van der Waals surface area contributed by atoms with Crippen molar-refractivity contribution >= 4 is 11.9 Å². The van der Waals surface area contributed by atoms with Gasteiger partial charge in [0, 0.05) is 12.3 Å². The van der Waals surface area contributed by atoms with Crippen molar-refractivity contribution in [1.82, 2.24) is 0 Å². The number of hydrogen-bond acceptors (Lipinski definition) is 6. The van der Waals surface area contributed by atoms with Crippen LogP contribution < -0.4 is 0 Å². The van der Waals surface area contributed by atoms with E-state index in [0.717, 1.165) is 25.7 Å². The normalized spacial score (nSPS) is 39.5. The van der Waals surface area contributed by atoms with Crippen molar-refractivity contribution in [3.05, 3.63) is 23.8 Å². The molecule has 0 amide bonds. The summed E-state index contributed by atoms with van der Waals surface area (Å²) in [6, 6.07) is 2.07. The van der Waals surface area contributed by atoms with Gasteiger partial charge in [0.25, 0.3) is 0 Å². The molecule has 8 unspecified atom stereocenters. The lowest BCUT2D eigenvalue weighted by molar-refractivity contribution is -0.159. The zero-order valence-electron chi connectivity index (χ0n) is 20.7. The molecule has 1 fully saturated rings. The van der Waals surface area contributed by atoms with Gasteiger partial charge < -0.3 is 20.1 Å². The van der Waals surface area contributed by atoms with Crippen molar-refractivity contribution in [2.45, 2.75) is 96.9 Å². The number of ether oxygens (including phenoxy) is 1. The maximum atomic E-state index is 12.7. The number of carbonyl (C=O) groups is 2. The lowest BCUT2D eigenvalue weighted by atomic mass is 9.84. The number of aliphatic carboxylic acids is 1. The summed E-state index contributed by atoms with van der Waals surface area (Å²) >= 11 is 0. The number of carboxylic acid groups (broad SMARTS) is 1. The minimum absolute atomic E-state index is 0.0797. The molecule has 7 heteroatoms. The monoisotopic (exact) mass is 475 g/mol. The minimum atomic E-state index is -0.881. The highest BCUT2D eigenvalue weighted by atomic mass is 16.5. The minimum Gasteiger partial charge on any atom is -0.481 e. The van der Waals surface area contributed by atoms with Crippen LogP contribution in [0.3, 0.4) is 0 Å². The summed E-state index contributed by atoms with van der Waals surface area (Å²) < 4.78 is 5.75. The van der Waals surface area contributed by atoms with Crippen LogP contribution in [0.25, 0.3) is 0 Å². The topological polar surface area (TPSA) is 128 Å². The number of carbonyl (C=O) groups excluding carboxylic acids is 1. The van der Waals surface area contributed by atoms with Crippen molar-refractivity contribution in [2.24, 2.45) is 29.6 Å². The van der Waals surface area contributed by atoms with Gasteiger partial charge in [-0.3, -0.25) is 9.59 Å². The second kappa shape index (κ2) is 13.7. The molecule has 8 atom stereocenters. The molecule has 0 bridgehead atoms. The van der Waals surface area contributed by atoms with Gasteiger partial charge >= 0.3 is 11.9 Å². The summed E-state index contributed by atoms with van der Waals surface area (Å²) in [6.07, 6.45) is 7.89. The Morgan fingerprint density at radius 1 is 1.09 bits per heavy atom. The fourth-order valence-corrected chi connectivity index (χ4v) is 5.54. The lowest BCUT2D eigenvalue weighted by Crippen LogP contribution is -2.34. The Hall–Kier alpha value is -2.17. The summed E-state index contributed by atoms with van der Waals surface area (Å²) in [4.78, 5) is 24.4. The molecule has 0 aromatic rings. The zero-order chi connectivity index (χ0) is 25.3. The number of esters is 1. The van der Waals surface area contributed by atoms with Gasteiger partial charge in [0.05, 0.1) is 36.2 Å². The molecule has 1 saturated carbocycles. The van der Waals surface area contributed by atoms with Crippen LogP contribution in [-0.2, 0) is 14.3 Å². The number of allylic oxidation sites excluding steroid dienone is 2. The third-order valence-electron chi connectivity index (χ3n) is 7.46. The number of rotatable bonds is 2. The van der Waals surface area contributed by atoms with Crippen LogP contribution in [0.2, 0.25) is 0 Å². The second-order valence-electron chi connectivity index (χ2n) is 10.5. The first kappa shape index (κ1) is 28.1. The Morgan fingerprint density at radius 2 is 1.82 bits per heavy atom. The van der Waals surface area contributed by atoms with Gasteiger partial charge in [-0.25, -0.2) is 0 Å². The van der Waals surface area contributed by atoms with Crippen LogP contribution in [0, 0.1) is 40.9 Å². The molecular formula is C27H41NO6. The Balaban J connectivity index is 2.26. The van der Waals surface area contributed by atoms with Crippen LogP contribution in [0.1, 0.15) is 78.6 Å². The molecule has 190 valence electrons. The van der Waals surface area contributed by atoms with Gasteiger partial charge in [-0.15, -0.1) is 0 Å². The Kier molecular flexibility index (Phi) is 11.3. The number of cyclic esters (lactones) is 1. The third kappa shape index (κ3) is 8.56. The number of nitriles is 1. The summed E-state index contributed by atoms with van der Waals surface area (Å²) in [5, 5.41) is 40.2. The SMILES string of the molecule is CC1CCC(O)/C(C#N)=C\C=C\CC(C2CCCC2C(=O)O)OC(=O)CC(O)C(C)CC(C)C1. The number of hydrogen-bond donors (Lipinski definition) is 3. The van der Waals surface area contributed by atoms with E-state index < -0.39 is 36.2 Å². The highest BCUT2D eigenvalue weighted by Gasteiger charge is 2.39. The van der Waals surface area contributed by atoms with Crippen molar-refractivity contribution in [3.63, 3.8) is 0 Å². The summed E-state index contributed by atoms with van der Waals surface area (Å²) in [5.74, 6) is -1.64. The molecular weight excluding hydrogens is 434 g/mol. The van der Waals surface area contributed by atoms with E-state index >= 15 is 0 Å². The maximum absolute atomic E-state index is 12.7. The molecule has 0 aromatic carbocycles. The lowest BCUT2D eigenvalue weighted by Gasteiger charge is -2.28. The van der Waals surface area contributed by atoms with Crippen LogP contribution in [0.5, 0.6) is 0 Å². The average Bonchev–Trinajstić information content (AvgIpc) is 3.26. The largest absolute Gasteiger partial charge is 0.481 e. The predicted octanol–water partition coefficient (Wildman–Crippen LogP) is 4.39. The molecule has 7 nitrogen and oxygen atoms in total. The molecule has 1 aliphatic carbocycles. The van der Waals surface area contributed by atoms with E-state index in [1.807, 2.05) is 6.92 Å². The Morgan fingerprint density at radius 3 is 2.50 bits per heavy atom.